The first kappa shape index (κ1) is 8.17. The van der Waals surface area contributed by atoms with E-state index in [4.69, 9.17) is 0 Å². The summed E-state index contributed by atoms with van der Waals surface area (Å²) in [5, 5.41) is 0. The minimum absolute atomic E-state index is 0.124. The van der Waals surface area contributed by atoms with Gasteiger partial charge in [0.2, 0.25) is 0 Å². The third-order valence-electron chi connectivity index (χ3n) is 2.02. The Balaban J connectivity index is 2.08. The van der Waals surface area contributed by atoms with Crippen molar-refractivity contribution < 1.29 is 0 Å². The van der Waals surface area contributed by atoms with E-state index in [-0.39, 0.29) is 6.17 Å². The van der Waals surface area contributed by atoms with Crippen LogP contribution in [0.15, 0.2) is 40.3 Å². The quantitative estimate of drug-likeness (QED) is 0.652. The van der Waals surface area contributed by atoms with Crippen LogP contribution in [0.1, 0.15) is 12.5 Å². The molecular weight excluding hydrogens is 160 g/mol. The number of rotatable bonds is 2. The molecule has 1 aliphatic heterocycles. The van der Waals surface area contributed by atoms with E-state index in [0.717, 1.165) is 12.1 Å². The van der Waals surface area contributed by atoms with E-state index in [9.17, 15) is 0 Å². The molecule has 1 aliphatic rings. The predicted octanol–water partition coefficient (Wildman–Crippen LogP) is 2.10. The Morgan fingerprint density at radius 1 is 1.23 bits per heavy atom. The van der Waals surface area contributed by atoms with Gasteiger partial charge in [-0.3, -0.25) is 9.98 Å². The van der Waals surface area contributed by atoms with Gasteiger partial charge in [-0.15, -0.1) is 0 Å². The third-order valence-corrected chi connectivity index (χ3v) is 2.02. The molecule has 2 rings (SSSR count). The Morgan fingerprint density at radius 2 is 2.00 bits per heavy atom. The van der Waals surface area contributed by atoms with Crippen LogP contribution in [0.25, 0.3) is 0 Å². The molecule has 13 heavy (non-hydrogen) atoms. The van der Waals surface area contributed by atoms with Crippen molar-refractivity contribution in [3.63, 3.8) is 0 Å². The molecule has 2 heteroatoms. The van der Waals surface area contributed by atoms with E-state index in [0.29, 0.717) is 0 Å². The van der Waals surface area contributed by atoms with Crippen LogP contribution in [0.4, 0.5) is 0 Å². The summed E-state index contributed by atoms with van der Waals surface area (Å²) in [5.74, 6) is 0. The first-order valence-corrected chi connectivity index (χ1v) is 4.48. The van der Waals surface area contributed by atoms with Crippen molar-refractivity contribution in [3.8, 4) is 0 Å². The SMILES string of the molecule is CC1N=CC(Cc2ccccc2)=N1. The lowest BCUT2D eigenvalue weighted by atomic mass is 10.1. The van der Waals surface area contributed by atoms with Crippen molar-refractivity contribution in [2.75, 3.05) is 0 Å². The largest absolute Gasteiger partial charge is 0.265 e. The van der Waals surface area contributed by atoms with Gasteiger partial charge in [0, 0.05) is 12.6 Å². The smallest absolute Gasteiger partial charge is 0.137 e. The maximum absolute atomic E-state index is 4.38. The van der Waals surface area contributed by atoms with Crippen molar-refractivity contribution in [1.29, 1.82) is 0 Å². The highest BCUT2D eigenvalue weighted by atomic mass is 15.0. The number of hydrogen-bond donors (Lipinski definition) is 0. The fourth-order valence-corrected chi connectivity index (χ4v) is 1.40. The van der Waals surface area contributed by atoms with Gasteiger partial charge in [0.25, 0.3) is 0 Å². The first-order valence-electron chi connectivity index (χ1n) is 4.48. The van der Waals surface area contributed by atoms with Gasteiger partial charge in [-0.05, 0) is 12.5 Å². The van der Waals surface area contributed by atoms with E-state index in [1.807, 2.05) is 31.3 Å². The van der Waals surface area contributed by atoms with Gasteiger partial charge >= 0.3 is 0 Å². The summed E-state index contributed by atoms with van der Waals surface area (Å²) in [7, 11) is 0. The van der Waals surface area contributed by atoms with Crippen LogP contribution >= 0.6 is 0 Å². The normalized spacial score (nSPS) is 20.4. The molecule has 0 N–H and O–H groups in total. The lowest BCUT2D eigenvalue weighted by Crippen LogP contribution is -2.01. The van der Waals surface area contributed by atoms with Crippen LogP contribution in [-0.4, -0.2) is 18.1 Å². The fraction of sp³-hybridized carbons (Fsp3) is 0.273. The van der Waals surface area contributed by atoms with Gasteiger partial charge in [0.1, 0.15) is 6.17 Å². The van der Waals surface area contributed by atoms with E-state index in [2.05, 4.69) is 22.1 Å². The van der Waals surface area contributed by atoms with Crippen LogP contribution in [0.5, 0.6) is 0 Å². The molecule has 0 spiro atoms. The molecule has 2 nitrogen and oxygen atoms in total. The monoisotopic (exact) mass is 172 g/mol. The number of nitrogens with zero attached hydrogens (tertiary/aromatic N) is 2. The van der Waals surface area contributed by atoms with Gasteiger partial charge in [-0.2, -0.15) is 0 Å². The molecule has 0 aromatic heterocycles. The summed E-state index contributed by atoms with van der Waals surface area (Å²) < 4.78 is 0. The highest BCUT2D eigenvalue weighted by Crippen LogP contribution is 2.05. The Morgan fingerprint density at radius 3 is 2.62 bits per heavy atom. The first-order chi connectivity index (χ1) is 6.34. The van der Waals surface area contributed by atoms with Gasteiger partial charge < -0.3 is 0 Å². The zero-order valence-electron chi connectivity index (χ0n) is 7.64. The van der Waals surface area contributed by atoms with E-state index in [1.54, 1.807) is 0 Å². The fourth-order valence-electron chi connectivity index (χ4n) is 1.40. The summed E-state index contributed by atoms with van der Waals surface area (Å²) in [6.45, 7) is 1.99. The van der Waals surface area contributed by atoms with Crippen molar-refractivity contribution in [2.24, 2.45) is 9.98 Å². The van der Waals surface area contributed by atoms with Gasteiger partial charge in [0.05, 0.1) is 5.71 Å². The summed E-state index contributed by atoms with van der Waals surface area (Å²) in [6, 6.07) is 10.3. The zero-order chi connectivity index (χ0) is 9.10. The zero-order valence-corrected chi connectivity index (χ0v) is 7.64. The Kier molecular flexibility index (Phi) is 2.21. The maximum Gasteiger partial charge on any atom is 0.137 e. The molecule has 1 aromatic rings. The van der Waals surface area contributed by atoms with E-state index >= 15 is 0 Å². The Labute approximate surface area is 78.0 Å². The summed E-state index contributed by atoms with van der Waals surface area (Å²) >= 11 is 0. The van der Waals surface area contributed by atoms with Crippen molar-refractivity contribution in [2.45, 2.75) is 19.5 Å². The van der Waals surface area contributed by atoms with Gasteiger partial charge in [-0.25, -0.2) is 0 Å². The minimum atomic E-state index is 0.124. The number of aliphatic imine (C=N–C) groups is 2. The number of benzene rings is 1. The van der Waals surface area contributed by atoms with Crippen molar-refractivity contribution >= 4 is 11.9 Å². The Hall–Kier alpha value is -1.44. The molecule has 1 heterocycles. The molecule has 0 saturated carbocycles. The van der Waals surface area contributed by atoms with Crippen LogP contribution < -0.4 is 0 Å². The summed E-state index contributed by atoms with van der Waals surface area (Å²) in [5.41, 5.74) is 2.38. The number of hydrogen-bond acceptors (Lipinski definition) is 2. The third kappa shape index (κ3) is 2.02. The molecular formula is C11H12N2. The molecule has 1 aromatic carbocycles. The molecule has 1 atom stereocenters. The minimum Gasteiger partial charge on any atom is -0.265 e. The highest BCUT2D eigenvalue weighted by Gasteiger charge is 2.06. The maximum atomic E-state index is 4.38. The summed E-state index contributed by atoms with van der Waals surface area (Å²) in [6.07, 6.45) is 2.89. The summed E-state index contributed by atoms with van der Waals surface area (Å²) in [4.78, 5) is 8.56. The lowest BCUT2D eigenvalue weighted by molar-refractivity contribution is 0.814. The van der Waals surface area contributed by atoms with Gasteiger partial charge in [-0.1, -0.05) is 30.3 Å². The molecule has 0 saturated heterocycles. The van der Waals surface area contributed by atoms with E-state index in [1.165, 1.54) is 5.56 Å². The second kappa shape index (κ2) is 3.52. The van der Waals surface area contributed by atoms with Gasteiger partial charge in [0.15, 0.2) is 0 Å². The average Bonchev–Trinajstić information content (AvgIpc) is 2.53. The predicted molar refractivity (Wildman–Crippen MR) is 55.5 cm³/mol. The van der Waals surface area contributed by atoms with Crippen LogP contribution in [-0.2, 0) is 6.42 Å². The molecule has 0 amide bonds. The second-order valence-corrected chi connectivity index (χ2v) is 3.19. The highest BCUT2D eigenvalue weighted by molar-refractivity contribution is 6.32. The lowest BCUT2D eigenvalue weighted by Gasteiger charge is -1.97. The van der Waals surface area contributed by atoms with Crippen molar-refractivity contribution in [3.05, 3.63) is 35.9 Å². The van der Waals surface area contributed by atoms with Crippen LogP contribution in [0, 0.1) is 0 Å². The molecule has 66 valence electrons. The molecule has 0 radical (unpaired) electrons. The molecule has 0 fully saturated rings. The molecule has 0 bridgehead atoms. The average molecular weight is 172 g/mol. The topological polar surface area (TPSA) is 24.7 Å². The Bertz CT molecular complexity index is 338. The standard InChI is InChI=1S/C11H12N2/c1-9-12-8-11(13-9)7-10-5-3-2-4-6-10/h2-6,8-9H,7H2,1H3. The van der Waals surface area contributed by atoms with Crippen LogP contribution in [0.3, 0.4) is 0 Å². The second-order valence-electron chi connectivity index (χ2n) is 3.19. The molecule has 1 unspecified atom stereocenters. The van der Waals surface area contributed by atoms with Crippen molar-refractivity contribution in [1.82, 2.24) is 0 Å². The van der Waals surface area contributed by atoms with Crippen LogP contribution in [0.2, 0.25) is 0 Å². The van der Waals surface area contributed by atoms with E-state index < -0.39 is 0 Å². The molecule has 0 aliphatic carbocycles.